The van der Waals surface area contributed by atoms with Gasteiger partial charge in [0.2, 0.25) is 5.82 Å². The highest BCUT2D eigenvalue weighted by molar-refractivity contribution is 5.95. The van der Waals surface area contributed by atoms with E-state index in [9.17, 15) is 18.0 Å². The van der Waals surface area contributed by atoms with E-state index in [2.05, 4.69) is 0 Å². The second-order valence-electron chi connectivity index (χ2n) is 4.07. The van der Waals surface area contributed by atoms with E-state index in [0.717, 1.165) is 4.90 Å². The normalized spacial score (nSPS) is 10.4. The standard InChI is InChI=1S/C12H11F3N2O2/c1-6(2)17(4-3-16)12(19)7-5-8(13)10(15)11(18)9(7)14/h5-6,18H,4H2,1-2H3. The molecule has 1 N–H and O–H groups in total. The number of hydrogen-bond acceptors (Lipinski definition) is 3. The number of carbonyl (C=O) groups is 1. The third-order valence-electron chi connectivity index (χ3n) is 2.49. The van der Waals surface area contributed by atoms with Gasteiger partial charge in [0.1, 0.15) is 6.54 Å². The Morgan fingerprint density at radius 1 is 1.42 bits per heavy atom. The van der Waals surface area contributed by atoms with Crippen LogP contribution in [0.5, 0.6) is 5.75 Å². The topological polar surface area (TPSA) is 64.3 Å². The van der Waals surface area contributed by atoms with Crippen LogP contribution in [0, 0.1) is 28.8 Å². The molecule has 0 heterocycles. The molecule has 0 saturated heterocycles. The molecule has 1 amide bonds. The molecule has 1 aromatic rings. The van der Waals surface area contributed by atoms with Gasteiger partial charge < -0.3 is 10.0 Å². The molecule has 7 heteroatoms. The van der Waals surface area contributed by atoms with Gasteiger partial charge in [0.15, 0.2) is 17.4 Å². The Morgan fingerprint density at radius 3 is 2.47 bits per heavy atom. The maximum absolute atomic E-state index is 13.6. The fourth-order valence-electron chi connectivity index (χ4n) is 1.47. The Hall–Kier alpha value is -2.23. The molecule has 0 fully saturated rings. The number of hydrogen-bond donors (Lipinski definition) is 1. The highest BCUT2D eigenvalue weighted by Crippen LogP contribution is 2.26. The highest BCUT2D eigenvalue weighted by atomic mass is 19.2. The summed E-state index contributed by atoms with van der Waals surface area (Å²) in [6.45, 7) is 2.81. The van der Waals surface area contributed by atoms with Gasteiger partial charge in [0, 0.05) is 6.04 Å². The smallest absolute Gasteiger partial charge is 0.258 e. The van der Waals surface area contributed by atoms with Gasteiger partial charge in [-0.2, -0.15) is 9.65 Å². The van der Waals surface area contributed by atoms with Crippen molar-refractivity contribution in [3.8, 4) is 11.8 Å². The lowest BCUT2D eigenvalue weighted by Gasteiger charge is -2.24. The minimum Gasteiger partial charge on any atom is -0.503 e. The molecule has 0 aliphatic rings. The van der Waals surface area contributed by atoms with E-state index >= 15 is 0 Å². The van der Waals surface area contributed by atoms with Crippen molar-refractivity contribution in [3.05, 3.63) is 29.1 Å². The summed E-state index contributed by atoms with van der Waals surface area (Å²) < 4.78 is 39.6. The molecule has 1 rings (SSSR count). The van der Waals surface area contributed by atoms with Crippen LogP contribution < -0.4 is 0 Å². The number of halogens is 3. The molecule has 0 aliphatic heterocycles. The van der Waals surface area contributed by atoms with Gasteiger partial charge in [-0.15, -0.1) is 0 Å². The molecule has 0 aromatic heterocycles. The summed E-state index contributed by atoms with van der Waals surface area (Å²) >= 11 is 0. The minimum absolute atomic E-state index is 0.338. The molecule has 0 saturated carbocycles. The number of amides is 1. The highest BCUT2D eigenvalue weighted by Gasteiger charge is 2.26. The van der Waals surface area contributed by atoms with E-state index < -0.39 is 40.7 Å². The third kappa shape index (κ3) is 2.78. The first-order valence-electron chi connectivity index (χ1n) is 5.35. The van der Waals surface area contributed by atoms with Crippen molar-refractivity contribution in [2.75, 3.05) is 6.54 Å². The molecule has 19 heavy (non-hydrogen) atoms. The van der Waals surface area contributed by atoms with Crippen molar-refractivity contribution in [1.82, 2.24) is 4.90 Å². The van der Waals surface area contributed by atoms with Gasteiger partial charge in [-0.05, 0) is 19.9 Å². The molecule has 1 aromatic carbocycles. The zero-order valence-corrected chi connectivity index (χ0v) is 10.2. The average Bonchev–Trinajstić information content (AvgIpc) is 2.36. The van der Waals surface area contributed by atoms with Crippen molar-refractivity contribution in [2.24, 2.45) is 0 Å². The number of nitrogens with zero attached hydrogens (tertiary/aromatic N) is 2. The lowest BCUT2D eigenvalue weighted by atomic mass is 10.1. The van der Waals surface area contributed by atoms with E-state index in [-0.39, 0.29) is 6.54 Å². The van der Waals surface area contributed by atoms with Crippen LogP contribution in [0.25, 0.3) is 0 Å². The fourth-order valence-corrected chi connectivity index (χ4v) is 1.47. The van der Waals surface area contributed by atoms with Gasteiger partial charge in [0.25, 0.3) is 5.91 Å². The number of phenolic OH excluding ortho intramolecular Hbond substituents is 1. The summed E-state index contributed by atoms with van der Waals surface area (Å²) in [5, 5.41) is 17.6. The Balaban J connectivity index is 3.31. The van der Waals surface area contributed by atoms with Crippen LogP contribution in [0.4, 0.5) is 13.2 Å². The maximum Gasteiger partial charge on any atom is 0.258 e. The number of carbonyl (C=O) groups excluding carboxylic acids is 1. The van der Waals surface area contributed by atoms with Crippen molar-refractivity contribution in [2.45, 2.75) is 19.9 Å². The largest absolute Gasteiger partial charge is 0.503 e. The molecule has 0 unspecified atom stereocenters. The van der Waals surface area contributed by atoms with Gasteiger partial charge in [-0.1, -0.05) is 0 Å². The van der Waals surface area contributed by atoms with Crippen LogP contribution in [-0.4, -0.2) is 28.5 Å². The zero-order valence-electron chi connectivity index (χ0n) is 10.2. The second-order valence-corrected chi connectivity index (χ2v) is 4.07. The number of phenols is 1. The lowest BCUT2D eigenvalue weighted by Crippen LogP contribution is -2.37. The first-order chi connectivity index (χ1) is 8.81. The predicted octanol–water partition coefficient (Wildman–Crippen LogP) is 2.18. The van der Waals surface area contributed by atoms with Crippen LogP contribution >= 0.6 is 0 Å². The monoisotopic (exact) mass is 272 g/mol. The summed E-state index contributed by atoms with van der Waals surface area (Å²) in [6, 6.07) is 1.63. The minimum atomic E-state index is -1.76. The lowest BCUT2D eigenvalue weighted by molar-refractivity contribution is 0.0724. The first kappa shape index (κ1) is 14.8. The first-order valence-corrected chi connectivity index (χ1v) is 5.35. The Kier molecular flexibility index (Phi) is 4.38. The van der Waals surface area contributed by atoms with Crippen LogP contribution in [-0.2, 0) is 0 Å². The Morgan fingerprint density at radius 2 is 2.00 bits per heavy atom. The summed E-state index contributed by atoms with van der Waals surface area (Å²) in [5.74, 6) is -7.40. The van der Waals surface area contributed by atoms with Gasteiger partial charge >= 0.3 is 0 Å². The van der Waals surface area contributed by atoms with E-state index in [0.29, 0.717) is 6.07 Å². The molecule has 102 valence electrons. The van der Waals surface area contributed by atoms with Gasteiger partial charge in [-0.3, -0.25) is 4.79 Å². The summed E-state index contributed by atoms with van der Waals surface area (Å²) in [5.41, 5.74) is -0.819. The van der Waals surface area contributed by atoms with Crippen molar-refractivity contribution in [3.63, 3.8) is 0 Å². The van der Waals surface area contributed by atoms with Gasteiger partial charge in [0.05, 0.1) is 11.6 Å². The third-order valence-corrected chi connectivity index (χ3v) is 2.49. The number of benzene rings is 1. The maximum atomic E-state index is 13.6. The number of nitriles is 1. The molecular weight excluding hydrogens is 261 g/mol. The SMILES string of the molecule is CC(C)N(CC#N)C(=O)c1cc(F)c(F)c(O)c1F. The molecule has 0 radical (unpaired) electrons. The van der Waals surface area contributed by atoms with Crippen LogP contribution in [0.2, 0.25) is 0 Å². The number of aromatic hydroxyl groups is 1. The van der Waals surface area contributed by atoms with Crippen molar-refractivity contribution < 1.29 is 23.1 Å². The molecule has 4 nitrogen and oxygen atoms in total. The Bertz CT molecular complexity index is 553. The molecule has 0 atom stereocenters. The number of rotatable bonds is 3. The molecular formula is C12H11F3N2O2. The van der Waals surface area contributed by atoms with E-state index in [4.69, 9.17) is 10.4 Å². The fraction of sp³-hybridized carbons (Fsp3) is 0.333. The summed E-state index contributed by atoms with van der Waals surface area (Å²) in [6.07, 6.45) is 0. The predicted molar refractivity (Wildman–Crippen MR) is 59.8 cm³/mol. The van der Waals surface area contributed by atoms with Gasteiger partial charge in [-0.25, -0.2) is 8.78 Å². The van der Waals surface area contributed by atoms with Crippen LogP contribution in [0.15, 0.2) is 6.07 Å². The van der Waals surface area contributed by atoms with Crippen molar-refractivity contribution in [1.29, 1.82) is 5.26 Å². The average molecular weight is 272 g/mol. The summed E-state index contributed by atoms with van der Waals surface area (Å²) in [4.78, 5) is 12.9. The van der Waals surface area contributed by atoms with E-state index in [1.165, 1.54) is 0 Å². The van der Waals surface area contributed by atoms with E-state index in [1.807, 2.05) is 0 Å². The summed E-state index contributed by atoms with van der Waals surface area (Å²) in [7, 11) is 0. The quantitative estimate of drug-likeness (QED) is 0.677. The van der Waals surface area contributed by atoms with E-state index in [1.54, 1.807) is 19.9 Å². The molecule has 0 aliphatic carbocycles. The molecule has 0 bridgehead atoms. The Labute approximate surface area is 107 Å². The van der Waals surface area contributed by atoms with Crippen LogP contribution in [0.1, 0.15) is 24.2 Å². The van der Waals surface area contributed by atoms with Crippen LogP contribution in [0.3, 0.4) is 0 Å². The molecule has 0 spiro atoms. The van der Waals surface area contributed by atoms with Crippen molar-refractivity contribution >= 4 is 5.91 Å². The second kappa shape index (κ2) is 5.61. The zero-order chi connectivity index (χ0) is 14.7.